The van der Waals surface area contributed by atoms with Crippen molar-refractivity contribution in [1.29, 1.82) is 0 Å². The van der Waals surface area contributed by atoms with Gasteiger partial charge in [0.1, 0.15) is 0 Å². The van der Waals surface area contributed by atoms with Gasteiger partial charge in [0, 0.05) is 0 Å². The Morgan fingerprint density at radius 2 is 0.750 bits per heavy atom. The first kappa shape index (κ1) is 77.6. The molecule has 0 radical (unpaired) electrons. The van der Waals surface area contributed by atoms with Crippen LogP contribution in [0.25, 0.3) is 0 Å². The molecule has 0 spiro atoms. The monoisotopic (exact) mass is 97.9 g/mol. The fourth-order valence-electron chi connectivity index (χ4n) is 0. The Bertz CT molecular complexity index is 6.00. The van der Waals surface area contributed by atoms with Crippen LogP contribution in [0.1, 0.15) is 0 Å². The summed E-state index contributed by atoms with van der Waals surface area (Å²) in [5.74, 6) is 0. The summed E-state index contributed by atoms with van der Waals surface area (Å²) < 4.78 is 0. The van der Waals surface area contributed by atoms with Gasteiger partial charge >= 0.3 is 35.6 Å². The smallest absolute Gasteiger partial charge is 2.00 e. The minimum atomic E-state index is 0. The van der Waals surface area contributed by atoms with E-state index in [0.29, 0.717) is 0 Å². The van der Waals surface area contributed by atoms with Crippen molar-refractivity contribution in [2.24, 2.45) is 0 Å². The van der Waals surface area contributed by atoms with Crippen LogP contribution in [-0.4, -0.2) is 0 Å². The molecule has 22 valence electrons. The third kappa shape index (κ3) is 11.8. The summed E-state index contributed by atoms with van der Waals surface area (Å²) in [6.07, 6.45) is 0. The maximum Gasteiger partial charge on any atom is 3.00 e. The molecule has 0 rings (SSSR count). The van der Waals surface area contributed by atoms with Gasteiger partial charge in [0.05, 0.1) is 0 Å². The molecule has 0 N–H and O–H groups in total. The number of hydrogen-bond acceptors (Lipinski definition) is 0. The van der Waals surface area contributed by atoms with Crippen molar-refractivity contribution in [3.05, 3.63) is 0 Å². The SMILES string of the molecule is [Co+3].[Li+].[O-2].[O-2]. The molecule has 0 aliphatic heterocycles. The second-order valence-electron chi connectivity index (χ2n) is 0. The molecule has 0 unspecified atom stereocenters. The summed E-state index contributed by atoms with van der Waals surface area (Å²) in [5, 5.41) is 0. The molecule has 0 aromatic heterocycles. The summed E-state index contributed by atoms with van der Waals surface area (Å²) in [4.78, 5) is 0. The Morgan fingerprint density at radius 3 is 0.750 bits per heavy atom. The average Bonchev–Trinajstić information content (AvgIpc) is 0. The molecule has 0 aliphatic carbocycles. The Balaban J connectivity index is 0. The first-order valence-electron chi connectivity index (χ1n) is 0. The molecule has 0 saturated heterocycles. The zero-order valence-electron chi connectivity index (χ0n) is 2.15. The van der Waals surface area contributed by atoms with E-state index >= 15 is 0 Å². The number of hydrogen-bond donors (Lipinski definition) is 0. The minimum absolute atomic E-state index is 0. The second kappa shape index (κ2) is 35.1. The van der Waals surface area contributed by atoms with Gasteiger partial charge in [0.2, 0.25) is 0 Å². The van der Waals surface area contributed by atoms with Crippen molar-refractivity contribution >= 4 is 0 Å². The van der Waals surface area contributed by atoms with E-state index in [-0.39, 0.29) is 46.6 Å². The van der Waals surface area contributed by atoms with Gasteiger partial charge in [-0.1, -0.05) is 0 Å². The van der Waals surface area contributed by atoms with Gasteiger partial charge in [-0.25, -0.2) is 0 Å². The van der Waals surface area contributed by atoms with Crippen LogP contribution in [0.15, 0.2) is 0 Å². The first-order valence-corrected chi connectivity index (χ1v) is 0. The Kier molecular flexibility index (Phi) is 681. The van der Waals surface area contributed by atoms with Gasteiger partial charge in [0.15, 0.2) is 0 Å². The summed E-state index contributed by atoms with van der Waals surface area (Å²) in [7, 11) is 0. The maximum atomic E-state index is 0. The molecule has 2 nitrogen and oxygen atoms in total. The predicted molar refractivity (Wildman–Crippen MR) is 1.37 cm³/mol. The van der Waals surface area contributed by atoms with E-state index in [1.54, 1.807) is 0 Å². The van der Waals surface area contributed by atoms with Gasteiger partial charge in [-0.15, -0.1) is 0 Å². The fourth-order valence-corrected chi connectivity index (χ4v) is 0. The normalized spacial score (nSPS) is 0. The van der Waals surface area contributed by atoms with E-state index < -0.39 is 0 Å². The quantitative estimate of drug-likeness (QED) is 0.286. The third-order valence-corrected chi connectivity index (χ3v) is 0. The van der Waals surface area contributed by atoms with Crippen molar-refractivity contribution < 1.29 is 46.6 Å². The van der Waals surface area contributed by atoms with Crippen molar-refractivity contribution in [2.45, 2.75) is 0 Å². The molecule has 0 fully saturated rings. The largest absolute Gasteiger partial charge is 3.00 e. The zero-order chi connectivity index (χ0) is 0. The van der Waals surface area contributed by atoms with Crippen molar-refractivity contribution in [3.63, 3.8) is 0 Å². The maximum absolute atomic E-state index is 0. The molecular weight excluding hydrogens is 97.9 g/mol. The first-order chi connectivity index (χ1) is 0. The van der Waals surface area contributed by atoms with Gasteiger partial charge in [-0.05, 0) is 0 Å². The average molecular weight is 97.9 g/mol. The molecule has 4 heteroatoms. The summed E-state index contributed by atoms with van der Waals surface area (Å²) in [6, 6.07) is 0. The van der Waals surface area contributed by atoms with E-state index in [1.807, 2.05) is 0 Å². The molecule has 0 bridgehead atoms. The van der Waals surface area contributed by atoms with Crippen LogP contribution in [0.5, 0.6) is 0 Å². The zero-order valence-corrected chi connectivity index (χ0v) is 3.19. The predicted octanol–water partition coefficient (Wildman–Crippen LogP) is -3.24. The van der Waals surface area contributed by atoms with Crippen LogP contribution in [0.2, 0.25) is 0 Å². The summed E-state index contributed by atoms with van der Waals surface area (Å²) >= 11 is 0. The van der Waals surface area contributed by atoms with Crippen LogP contribution in [-0.2, 0) is 27.7 Å². The second-order valence-corrected chi connectivity index (χ2v) is 0. The van der Waals surface area contributed by atoms with E-state index in [2.05, 4.69) is 0 Å². The van der Waals surface area contributed by atoms with Crippen LogP contribution >= 0.6 is 0 Å². The van der Waals surface area contributed by atoms with Crippen molar-refractivity contribution in [3.8, 4) is 0 Å². The molecule has 0 aromatic rings. The van der Waals surface area contributed by atoms with E-state index in [0.717, 1.165) is 0 Å². The molecule has 0 amide bonds. The van der Waals surface area contributed by atoms with E-state index in [9.17, 15) is 0 Å². The van der Waals surface area contributed by atoms with E-state index in [4.69, 9.17) is 0 Å². The number of rotatable bonds is 0. The topological polar surface area (TPSA) is 57.0 Å². The molecule has 0 saturated carbocycles. The molecule has 4 heavy (non-hydrogen) atoms. The summed E-state index contributed by atoms with van der Waals surface area (Å²) in [5.41, 5.74) is 0. The van der Waals surface area contributed by atoms with Crippen molar-refractivity contribution in [2.75, 3.05) is 0 Å². The van der Waals surface area contributed by atoms with Crippen LogP contribution in [0.3, 0.4) is 0 Å². The third-order valence-electron chi connectivity index (χ3n) is 0. The minimum Gasteiger partial charge on any atom is -2.00 e. The van der Waals surface area contributed by atoms with Crippen LogP contribution < -0.4 is 18.9 Å². The van der Waals surface area contributed by atoms with Crippen LogP contribution in [0.4, 0.5) is 0 Å². The van der Waals surface area contributed by atoms with Gasteiger partial charge in [0.25, 0.3) is 0 Å². The molecule has 0 aliphatic rings. The van der Waals surface area contributed by atoms with E-state index in [1.165, 1.54) is 0 Å². The van der Waals surface area contributed by atoms with Gasteiger partial charge < -0.3 is 11.0 Å². The van der Waals surface area contributed by atoms with Gasteiger partial charge in [-0.2, -0.15) is 0 Å². The van der Waals surface area contributed by atoms with Crippen LogP contribution in [0, 0.1) is 0 Å². The Morgan fingerprint density at radius 1 is 0.750 bits per heavy atom. The van der Waals surface area contributed by atoms with Gasteiger partial charge in [-0.3, -0.25) is 0 Å². The molecule has 0 heterocycles. The Hall–Kier alpha value is 1.02. The summed E-state index contributed by atoms with van der Waals surface area (Å²) in [6.45, 7) is 0. The Labute approximate surface area is 46.9 Å². The molecule has 0 aromatic carbocycles. The fraction of sp³-hybridized carbons (Fsp3) is 0. The molecular formula is CoLiO2. The molecule has 0 atom stereocenters. The van der Waals surface area contributed by atoms with Crippen molar-refractivity contribution in [1.82, 2.24) is 0 Å². The standard InChI is InChI=1S/Co.Li.2O/q+3;+1;2*-2.